The highest BCUT2D eigenvalue weighted by molar-refractivity contribution is 5.90. The van der Waals surface area contributed by atoms with E-state index in [0.29, 0.717) is 43.0 Å². The van der Waals surface area contributed by atoms with E-state index in [1.54, 1.807) is 12.1 Å². The van der Waals surface area contributed by atoms with Crippen LogP contribution in [0, 0.1) is 11.8 Å². The first-order chi connectivity index (χ1) is 18.0. The molecule has 0 atom stereocenters. The molecule has 0 aliphatic rings. The molecule has 3 rings (SSSR count). The van der Waals surface area contributed by atoms with Gasteiger partial charge in [-0.1, -0.05) is 45.9 Å². The third kappa shape index (κ3) is 6.72. The minimum absolute atomic E-state index is 0.137. The van der Waals surface area contributed by atoms with Crippen LogP contribution in [0.5, 0.6) is 0 Å². The highest BCUT2D eigenvalue weighted by Crippen LogP contribution is 2.31. The Balaban J connectivity index is 1.89. The van der Waals surface area contributed by atoms with Gasteiger partial charge in [0.2, 0.25) is 11.9 Å². The summed E-state index contributed by atoms with van der Waals surface area (Å²) in [6.07, 6.45) is 0. The number of esters is 1. The van der Waals surface area contributed by atoms with E-state index in [4.69, 9.17) is 15.5 Å². The summed E-state index contributed by atoms with van der Waals surface area (Å²) in [5.41, 5.74) is 9.53. The van der Waals surface area contributed by atoms with Crippen LogP contribution in [0.15, 0.2) is 42.5 Å². The van der Waals surface area contributed by atoms with Crippen molar-refractivity contribution in [1.82, 2.24) is 14.5 Å². The summed E-state index contributed by atoms with van der Waals surface area (Å²) in [5, 5.41) is 3.41. The number of hydrogen-bond acceptors (Lipinski definition) is 6. The van der Waals surface area contributed by atoms with Crippen LogP contribution in [-0.2, 0) is 28.0 Å². The van der Waals surface area contributed by atoms with Crippen molar-refractivity contribution < 1.29 is 14.3 Å². The molecule has 0 aliphatic carbocycles. The van der Waals surface area contributed by atoms with Crippen LogP contribution in [0.3, 0.4) is 0 Å². The Morgan fingerprint density at radius 1 is 1.05 bits per heavy atom. The third-order valence-corrected chi connectivity index (χ3v) is 6.64. The fourth-order valence-electron chi connectivity index (χ4n) is 4.70. The molecule has 0 unspecified atom stereocenters. The average Bonchev–Trinajstić information content (AvgIpc) is 3.22. The van der Waals surface area contributed by atoms with Crippen molar-refractivity contribution in [2.45, 2.75) is 60.0 Å². The van der Waals surface area contributed by atoms with Gasteiger partial charge in [0.1, 0.15) is 0 Å². The summed E-state index contributed by atoms with van der Waals surface area (Å²) in [5.74, 6) is 1.28. The largest absolute Gasteiger partial charge is 0.465 e. The standard InChI is InChI=1S/C30H43N5O3/c1-20(2)18-34(19-21(3)4)28(37)30(5,6)24-12-13-25-26(16-24)35(15-14-31)29(33-25)32-17-22-8-10-23(11-9-22)27(36)38-7/h8-13,16,20-21H,14-15,17-19,31H2,1-7H3,(H,32,33). The zero-order valence-electron chi connectivity index (χ0n) is 23.9. The molecular formula is C30H43N5O3. The Morgan fingerprint density at radius 2 is 1.68 bits per heavy atom. The molecule has 0 spiro atoms. The number of methoxy groups -OCH3 is 1. The number of carbonyl (C=O) groups excluding carboxylic acids is 2. The normalized spacial score (nSPS) is 11.8. The van der Waals surface area contributed by atoms with Gasteiger partial charge in [-0.3, -0.25) is 4.79 Å². The quantitative estimate of drug-likeness (QED) is 0.332. The number of fused-ring (bicyclic) bond motifs is 1. The SMILES string of the molecule is COC(=O)c1ccc(CNc2nc3ccc(C(C)(C)C(=O)N(CC(C)C)CC(C)C)cc3n2CCN)cc1. The molecule has 206 valence electrons. The molecule has 8 heteroatoms. The lowest BCUT2D eigenvalue weighted by atomic mass is 9.82. The van der Waals surface area contributed by atoms with Gasteiger partial charge in [-0.2, -0.15) is 0 Å². The highest BCUT2D eigenvalue weighted by atomic mass is 16.5. The average molecular weight is 522 g/mol. The van der Waals surface area contributed by atoms with Crippen molar-refractivity contribution in [2.75, 3.05) is 32.1 Å². The predicted octanol–water partition coefficient (Wildman–Crippen LogP) is 4.81. The number of nitrogens with zero attached hydrogens (tertiary/aromatic N) is 3. The van der Waals surface area contributed by atoms with Gasteiger partial charge in [-0.25, -0.2) is 9.78 Å². The molecule has 0 saturated heterocycles. The van der Waals surface area contributed by atoms with Crippen molar-refractivity contribution >= 4 is 28.9 Å². The molecule has 3 N–H and O–H groups in total. The first kappa shape index (κ1) is 29.2. The molecule has 8 nitrogen and oxygen atoms in total. The lowest BCUT2D eigenvalue weighted by Gasteiger charge is -2.34. The Morgan fingerprint density at radius 3 is 2.24 bits per heavy atom. The van der Waals surface area contributed by atoms with Gasteiger partial charge in [0.05, 0.1) is 29.1 Å². The summed E-state index contributed by atoms with van der Waals surface area (Å²) in [6, 6.07) is 13.4. The molecule has 2 aromatic carbocycles. The smallest absolute Gasteiger partial charge is 0.337 e. The van der Waals surface area contributed by atoms with Crippen LogP contribution >= 0.6 is 0 Å². The van der Waals surface area contributed by atoms with Crippen LogP contribution in [0.4, 0.5) is 5.95 Å². The van der Waals surface area contributed by atoms with E-state index in [9.17, 15) is 9.59 Å². The molecule has 1 amide bonds. The molecule has 0 bridgehead atoms. The Kier molecular flexibility index (Phi) is 9.55. The molecule has 38 heavy (non-hydrogen) atoms. The summed E-state index contributed by atoms with van der Waals surface area (Å²) in [7, 11) is 1.37. The summed E-state index contributed by atoms with van der Waals surface area (Å²) < 4.78 is 6.84. The number of rotatable bonds is 12. The van der Waals surface area contributed by atoms with E-state index >= 15 is 0 Å². The fraction of sp³-hybridized carbons (Fsp3) is 0.500. The van der Waals surface area contributed by atoms with E-state index in [2.05, 4.69) is 43.6 Å². The molecule has 0 aliphatic heterocycles. The maximum atomic E-state index is 13.8. The summed E-state index contributed by atoms with van der Waals surface area (Å²) >= 11 is 0. The Labute approximate surface area is 226 Å². The second kappa shape index (κ2) is 12.4. The molecular weight excluding hydrogens is 478 g/mol. The van der Waals surface area contributed by atoms with Gasteiger partial charge < -0.3 is 25.3 Å². The second-order valence-corrected chi connectivity index (χ2v) is 11.2. The monoisotopic (exact) mass is 521 g/mol. The van der Waals surface area contributed by atoms with Gasteiger partial charge in [-0.15, -0.1) is 0 Å². The molecule has 0 radical (unpaired) electrons. The third-order valence-electron chi connectivity index (χ3n) is 6.64. The van der Waals surface area contributed by atoms with Crippen molar-refractivity contribution in [3.05, 3.63) is 59.2 Å². The number of hydrogen-bond donors (Lipinski definition) is 2. The maximum absolute atomic E-state index is 13.8. The number of nitrogens with two attached hydrogens (primary N) is 1. The van der Waals surface area contributed by atoms with E-state index in [1.165, 1.54) is 7.11 Å². The second-order valence-electron chi connectivity index (χ2n) is 11.2. The van der Waals surface area contributed by atoms with Crippen LogP contribution in [0.25, 0.3) is 11.0 Å². The van der Waals surface area contributed by atoms with E-state index in [0.717, 1.165) is 35.2 Å². The van der Waals surface area contributed by atoms with Gasteiger partial charge in [0.15, 0.2) is 0 Å². The van der Waals surface area contributed by atoms with E-state index in [1.807, 2.05) is 43.0 Å². The fourth-order valence-corrected chi connectivity index (χ4v) is 4.70. The van der Waals surface area contributed by atoms with E-state index < -0.39 is 5.41 Å². The number of imidazole rings is 1. The highest BCUT2D eigenvalue weighted by Gasteiger charge is 2.34. The van der Waals surface area contributed by atoms with Gasteiger partial charge in [0, 0.05) is 32.7 Å². The van der Waals surface area contributed by atoms with Crippen LogP contribution in [-0.4, -0.2) is 53.1 Å². The number of aromatic nitrogens is 2. The topological polar surface area (TPSA) is 102 Å². The lowest BCUT2D eigenvalue weighted by molar-refractivity contribution is -0.137. The predicted molar refractivity (Wildman–Crippen MR) is 153 cm³/mol. The minimum atomic E-state index is -0.690. The van der Waals surface area contributed by atoms with E-state index in [-0.39, 0.29) is 11.9 Å². The van der Waals surface area contributed by atoms with Crippen molar-refractivity contribution in [2.24, 2.45) is 17.6 Å². The number of anilines is 1. The maximum Gasteiger partial charge on any atom is 0.337 e. The molecule has 3 aromatic rings. The minimum Gasteiger partial charge on any atom is -0.465 e. The first-order valence-electron chi connectivity index (χ1n) is 13.4. The number of benzene rings is 2. The van der Waals surface area contributed by atoms with Crippen molar-refractivity contribution in [1.29, 1.82) is 0 Å². The first-order valence-corrected chi connectivity index (χ1v) is 13.4. The van der Waals surface area contributed by atoms with Gasteiger partial charge in [-0.05, 0) is 61.1 Å². The van der Waals surface area contributed by atoms with Crippen LogP contribution in [0.2, 0.25) is 0 Å². The van der Waals surface area contributed by atoms with Crippen molar-refractivity contribution in [3.63, 3.8) is 0 Å². The molecule has 1 aromatic heterocycles. The van der Waals surface area contributed by atoms with Crippen LogP contribution in [0.1, 0.15) is 63.0 Å². The number of ether oxygens (including phenoxy) is 1. The number of nitrogens with one attached hydrogen (secondary N) is 1. The van der Waals surface area contributed by atoms with Gasteiger partial charge in [0.25, 0.3) is 0 Å². The van der Waals surface area contributed by atoms with Gasteiger partial charge >= 0.3 is 5.97 Å². The zero-order valence-corrected chi connectivity index (χ0v) is 23.9. The van der Waals surface area contributed by atoms with Crippen molar-refractivity contribution in [3.8, 4) is 0 Å². The van der Waals surface area contributed by atoms with Crippen LogP contribution < -0.4 is 11.1 Å². The number of amides is 1. The Hall–Kier alpha value is -3.39. The Bertz CT molecular complexity index is 1230. The lowest BCUT2D eigenvalue weighted by Crippen LogP contribution is -2.46. The molecule has 1 heterocycles. The molecule has 0 saturated carbocycles. The molecule has 0 fully saturated rings. The zero-order chi connectivity index (χ0) is 28.0. The summed E-state index contributed by atoms with van der Waals surface area (Å²) in [6.45, 7) is 15.6. The number of carbonyl (C=O) groups is 2. The summed E-state index contributed by atoms with van der Waals surface area (Å²) in [4.78, 5) is 32.3.